The number of halogens is 1. The number of nitrogens with one attached hydrogen (secondary N) is 2. The van der Waals surface area contributed by atoms with Crippen LogP contribution in [0.25, 0.3) is 22.0 Å². The number of carbonyl (C=O) groups excluding carboxylic acids is 1. The predicted octanol–water partition coefficient (Wildman–Crippen LogP) is 4.17. The van der Waals surface area contributed by atoms with E-state index in [-0.39, 0.29) is 22.7 Å². The van der Waals surface area contributed by atoms with Gasteiger partial charge in [-0.05, 0) is 29.3 Å². The summed E-state index contributed by atoms with van der Waals surface area (Å²) in [7, 11) is 1.59. The zero-order chi connectivity index (χ0) is 25.2. The van der Waals surface area contributed by atoms with Gasteiger partial charge < -0.3 is 15.6 Å². The third kappa shape index (κ3) is 4.30. The van der Waals surface area contributed by atoms with E-state index in [2.05, 4.69) is 15.5 Å². The molecule has 0 fully saturated rings. The summed E-state index contributed by atoms with van der Waals surface area (Å²) in [6.45, 7) is 0. The van der Waals surface area contributed by atoms with Gasteiger partial charge in [0.05, 0.1) is 12.2 Å². The summed E-state index contributed by atoms with van der Waals surface area (Å²) in [5.74, 6) is -1.36. The Kier molecular flexibility index (Phi) is 6.18. The zero-order valence-corrected chi connectivity index (χ0v) is 19.5. The van der Waals surface area contributed by atoms with E-state index in [1.807, 2.05) is 60.7 Å². The minimum Gasteiger partial charge on any atom is -0.325 e. The topological polar surface area (TPSA) is 106 Å². The molecule has 0 bridgehead atoms. The summed E-state index contributed by atoms with van der Waals surface area (Å²) in [6.07, 6.45) is 3.06. The first-order valence-electron chi connectivity index (χ1n) is 11.4. The molecule has 7 nitrogen and oxygen atoms in total. The predicted molar refractivity (Wildman–Crippen MR) is 138 cm³/mol. The first kappa shape index (κ1) is 23.2. The Morgan fingerprint density at radius 1 is 1.00 bits per heavy atom. The number of nitrogens with zero attached hydrogens (tertiary/aromatic N) is 2. The van der Waals surface area contributed by atoms with E-state index < -0.39 is 17.8 Å². The van der Waals surface area contributed by atoms with Gasteiger partial charge in [-0.2, -0.15) is 5.10 Å². The van der Waals surface area contributed by atoms with Crippen LogP contribution in [0.4, 0.5) is 10.1 Å². The van der Waals surface area contributed by atoms with Crippen molar-refractivity contribution in [2.75, 3.05) is 5.32 Å². The van der Waals surface area contributed by atoms with E-state index in [1.165, 1.54) is 16.8 Å². The summed E-state index contributed by atoms with van der Waals surface area (Å²) < 4.78 is 16.6. The standard InChI is InChI=1S/C28H24FN5O2/c1-34-16-22(21-15-31-33-26(21)28(34)36)20-13-12-19(14-23(20)29)32-27(35)25(30)24(17-8-4-2-5-9-17)18-10-6-3-7-11-18/h2-16,24-25H,30H2,1H3,(H,31,33)(H,32,35)/t25-/m0/s1. The number of aryl methyl sites for hydroxylation is 1. The highest BCUT2D eigenvalue weighted by Gasteiger charge is 2.28. The molecule has 0 saturated carbocycles. The minimum atomic E-state index is -0.910. The van der Waals surface area contributed by atoms with Crippen molar-refractivity contribution in [3.8, 4) is 11.1 Å². The third-order valence-electron chi connectivity index (χ3n) is 6.29. The second-order valence-electron chi connectivity index (χ2n) is 8.63. The Hall–Kier alpha value is -4.56. The molecule has 5 rings (SSSR count). The second kappa shape index (κ2) is 9.59. The van der Waals surface area contributed by atoms with E-state index in [4.69, 9.17) is 5.73 Å². The summed E-state index contributed by atoms with van der Waals surface area (Å²) in [4.78, 5) is 25.5. The number of hydrogen-bond acceptors (Lipinski definition) is 4. The van der Waals surface area contributed by atoms with E-state index in [9.17, 15) is 9.59 Å². The SMILES string of the molecule is Cn1cc(-c2ccc(NC(=O)[C@@H](N)C(c3ccccc3)c3ccccc3)cc2F)c2cn[nH]c2c1=O. The van der Waals surface area contributed by atoms with Gasteiger partial charge in [-0.3, -0.25) is 14.7 Å². The average molecular weight is 482 g/mol. The van der Waals surface area contributed by atoms with Crippen LogP contribution in [-0.2, 0) is 11.8 Å². The van der Waals surface area contributed by atoms with Crippen molar-refractivity contribution in [3.05, 3.63) is 119 Å². The Morgan fingerprint density at radius 2 is 1.64 bits per heavy atom. The molecule has 8 heteroatoms. The normalized spacial score (nSPS) is 12.1. The number of fused-ring (bicyclic) bond motifs is 1. The summed E-state index contributed by atoms with van der Waals surface area (Å²) in [5, 5.41) is 9.87. The number of nitrogens with two attached hydrogens (primary N) is 1. The highest BCUT2D eigenvalue weighted by molar-refractivity contribution is 5.97. The fraction of sp³-hybridized carbons (Fsp3) is 0.107. The number of aromatic amines is 1. The van der Waals surface area contributed by atoms with Crippen molar-refractivity contribution in [1.82, 2.24) is 14.8 Å². The van der Waals surface area contributed by atoms with Crippen LogP contribution < -0.4 is 16.6 Å². The molecule has 0 saturated heterocycles. The Balaban J connectivity index is 1.43. The maximum atomic E-state index is 15.2. The van der Waals surface area contributed by atoms with Crippen molar-refractivity contribution in [1.29, 1.82) is 0 Å². The molecule has 5 aromatic rings. The van der Waals surface area contributed by atoms with Crippen LogP contribution in [0.1, 0.15) is 17.0 Å². The molecule has 0 aliphatic heterocycles. The number of aromatic nitrogens is 3. The van der Waals surface area contributed by atoms with Gasteiger partial charge in [-0.15, -0.1) is 0 Å². The van der Waals surface area contributed by atoms with Gasteiger partial charge in [0, 0.05) is 41.4 Å². The van der Waals surface area contributed by atoms with Crippen LogP contribution in [0.5, 0.6) is 0 Å². The molecule has 2 heterocycles. The van der Waals surface area contributed by atoms with Gasteiger partial charge in [0.15, 0.2) is 0 Å². The number of rotatable bonds is 6. The van der Waals surface area contributed by atoms with Crippen LogP contribution in [-0.4, -0.2) is 26.7 Å². The highest BCUT2D eigenvalue weighted by Crippen LogP contribution is 2.31. The van der Waals surface area contributed by atoms with E-state index >= 15 is 4.39 Å². The second-order valence-corrected chi connectivity index (χ2v) is 8.63. The molecule has 0 spiro atoms. The fourth-order valence-electron chi connectivity index (χ4n) is 4.48. The Morgan fingerprint density at radius 3 is 2.25 bits per heavy atom. The molecule has 1 amide bonds. The smallest absolute Gasteiger partial charge is 0.276 e. The van der Waals surface area contributed by atoms with E-state index in [0.717, 1.165) is 11.1 Å². The van der Waals surface area contributed by atoms with Crippen molar-refractivity contribution in [2.45, 2.75) is 12.0 Å². The van der Waals surface area contributed by atoms with Gasteiger partial charge in [-0.1, -0.05) is 60.7 Å². The summed E-state index contributed by atoms with van der Waals surface area (Å²) in [5.41, 5.74) is 9.41. The maximum absolute atomic E-state index is 15.2. The Bertz CT molecular complexity index is 1560. The molecular weight excluding hydrogens is 457 g/mol. The van der Waals surface area contributed by atoms with Gasteiger partial charge in [0.2, 0.25) is 5.91 Å². The molecule has 3 aromatic carbocycles. The van der Waals surface area contributed by atoms with Gasteiger partial charge in [-0.25, -0.2) is 4.39 Å². The van der Waals surface area contributed by atoms with E-state index in [0.29, 0.717) is 16.5 Å². The van der Waals surface area contributed by atoms with Crippen LogP contribution in [0.3, 0.4) is 0 Å². The molecular formula is C28H24FN5O2. The zero-order valence-electron chi connectivity index (χ0n) is 19.5. The lowest BCUT2D eigenvalue weighted by Gasteiger charge is -2.24. The van der Waals surface area contributed by atoms with Crippen LogP contribution in [0.2, 0.25) is 0 Å². The molecule has 4 N–H and O–H groups in total. The third-order valence-corrected chi connectivity index (χ3v) is 6.29. The molecule has 36 heavy (non-hydrogen) atoms. The lowest BCUT2D eigenvalue weighted by atomic mass is 9.85. The van der Waals surface area contributed by atoms with Gasteiger partial charge in [0.25, 0.3) is 5.56 Å². The molecule has 0 aliphatic carbocycles. The number of H-pyrrole nitrogens is 1. The van der Waals surface area contributed by atoms with Crippen molar-refractivity contribution in [3.63, 3.8) is 0 Å². The number of pyridine rings is 1. The summed E-state index contributed by atoms with van der Waals surface area (Å²) in [6, 6.07) is 22.7. The Labute approximate surface area is 206 Å². The first-order chi connectivity index (χ1) is 17.4. The largest absolute Gasteiger partial charge is 0.325 e. The lowest BCUT2D eigenvalue weighted by Crippen LogP contribution is -2.41. The number of benzene rings is 3. The van der Waals surface area contributed by atoms with Crippen LogP contribution >= 0.6 is 0 Å². The quantitative estimate of drug-likeness (QED) is 0.339. The van der Waals surface area contributed by atoms with Crippen LogP contribution in [0.15, 0.2) is 96.1 Å². The fourth-order valence-corrected chi connectivity index (χ4v) is 4.48. The molecule has 2 aromatic heterocycles. The van der Waals surface area contributed by atoms with Crippen LogP contribution in [0, 0.1) is 5.82 Å². The monoisotopic (exact) mass is 481 g/mol. The molecule has 180 valence electrons. The maximum Gasteiger partial charge on any atom is 0.276 e. The number of amides is 1. The number of anilines is 1. The highest BCUT2D eigenvalue weighted by atomic mass is 19.1. The lowest BCUT2D eigenvalue weighted by molar-refractivity contribution is -0.117. The molecule has 1 atom stereocenters. The molecule has 0 aliphatic rings. The van der Waals surface area contributed by atoms with Crippen molar-refractivity contribution in [2.24, 2.45) is 12.8 Å². The first-order valence-corrected chi connectivity index (χ1v) is 11.4. The summed E-state index contributed by atoms with van der Waals surface area (Å²) >= 11 is 0. The van der Waals surface area contributed by atoms with E-state index in [1.54, 1.807) is 25.4 Å². The number of carbonyl (C=O) groups is 1. The van der Waals surface area contributed by atoms with Gasteiger partial charge in [0.1, 0.15) is 11.3 Å². The molecule has 0 unspecified atom stereocenters. The average Bonchev–Trinajstić information content (AvgIpc) is 3.38. The van der Waals surface area contributed by atoms with Gasteiger partial charge >= 0.3 is 0 Å². The van der Waals surface area contributed by atoms with Crippen molar-refractivity contribution >= 4 is 22.5 Å². The van der Waals surface area contributed by atoms with Crippen molar-refractivity contribution < 1.29 is 9.18 Å². The minimum absolute atomic E-state index is 0.254. The molecule has 0 radical (unpaired) electrons. The number of hydrogen-bond donors (Lipinski definition) is 3.